The number of carboxylic acid groups (broad SMARTS) is 1. The van der Waals surface area contributed by atoms with Gasteiger partial charge in [0.2, 0.25) is 0 Å². The molecule has 0 spiro atoms. The minimum atomic E-state index is -1.37. The number of hydrogen-bond acceptors (Lipinski definition) is 5. The van der Waals surface area contributed by atoms with Gasteiger partial charge in [-0.2, -0.15) is 0 Å². The van der Waals surface area contributed by atoms with Crippen LogP contribution >= 0.6 is 0 Å². The van der Waals surface area contributed by atoms with E-state index in [0.717, 1.165) is 0 Å². The normalized spacial score (nSPS) is 31.2. The fourth-order valence-corrected chi connectivity index (χ4v) is 2.24. The molecule has 2 saturated heterocycles. The number of urea groups is 1. The zero-order valence-electron chi connectivity index (χ0n) is 10.5. The van der Waals surface area contributed by atoms with Crippen LogP contribution < -0.4 is 5.32 Å². The highest BCUT2D eigenvalue weighted by Gasteiger charge is 2.45. The first-order valence-electron chi connectivity index (χ1n) is 6.17. The number of nitrogens with one attached hydrogen (secondary N) is 1. The number of carboxylic acids is 1. The summed E-state index contributed by atoms with van der Waals surface area (Å²) in [5.41, 5.74) is -1.37. The molecule has 19 heavy (non-hydrogen) atoms. The van der Waals surface area contributed by atoms with Gasteiger partial charge in [0.1, 0.15) is 0 Å². The summed E-state index contributed by atoms with van der Waals surface area (Å²) in [5, 5.41) is 21.0. The van der Waals surface area contributed by atoms with Gasteiger partial charge in [-0.25, -0.2) is 9.59 Å². The lowest BCUT2D eigenvalue weighted by Crippen LogP contribution is -2.62. The third-order valence-corrected chi connectivity index (χ3v) is 3.48. The third kappa shape index (κ3) is 2.80. The summed E-state index contributed by atoms with van der Waals surface area (Å²) >= 11 is 0. The Hall–Kier alpha value is -1.38. The summed E-state index contributed by atoms with van der Waals surface area (Å²) in [5.74, 6) is -1.10. The van der Waals surface area contributed by atoms with Crippen LogP contribution in [0, 0.1) is 0 Å². The number of aliphatic hydroxyl groups excluding tert-OH is 1. The van der Waals surface area contributed by atoms with Gasteiger partial charge >= 0.3 is 12.0 Å². The molecular weight excluding hydrogens is 256 g/mol. The van der Waals surface area contributed by atoms with Crippen molar-refractivity contribution in [3.8, 4) is 0 Å². The number of ether oxygens (including phenoxy) is 2. The van der Waals surface area contributed by atoms with Crippen LogP contribution in [-0.2, 0) is 14.3 Å². The van der Waals surface area contributed by atoms with Crippen LogP contribution in [0.4, 0.5) is 4.79 Å². The number of aliphatic hydroxyl groups is 1. The first-order valence-corrected chi connectivity index (χ1v) is 6.17. The van der Waals surface area contributed by atoms with Crippen molar-refractivity contribution in [2.45, 2.75) is 18.0 Å². The van der Waals surface area contributed by atoms with Gasteiger partial charge in [-0.15, -0.1) is 0 Å². The van der Waals surface area contributed by atoms with Gasteiger partial charge in [0.05, 0.1) is 32.5 Å². The Morgan fingerprint density at radius 2 is 2.16 bits per heavy atom. The molecular formula is C11H18N2O6. The summed E-state index contributed by atoms with van der Waals surface area (Å²) in [6, 6.07) is -0.947. The number of hydrogen-bond donors (Lipinski definition) is 3. The van der Waals surface area contributed by atoms with Gasteiger partial charge in [0.15, 0.2) is 5.54 Å². The molecule has 2 heterocycles. The van der Waals surface area contributed by atoms with Crippen LogP contribution in [-0.4, -0.2) is 78.3 Å². The molecule has 0 aliphatic carbocycles. The second-order valence-electron chi connectivity index (χ2n) is 4.72. The maximum Gasteiger partial charge on any atom is 0.332 e. The van der Waals surface area contributed by atoms with Crippen LogP contribution in [0.25, 0.3) is 0 Å². The van der Waals surface area contributed by atoms with E-state index in [2.05, 4.69) is 5.32 Å². The zero-order valence-corrected chi connectivity index (χ0v) is 10.5. The Kier molecular flexibility index (Phi) is 4.23. The van der Waals surface area contributed by atoms with Crippen molar-refractivity contribution in [1.82, 2.24) is 10.2 Å². The Morgan fingerprint density at radius 1 is 1.37 bits per heavy atom. The van der Waals surface area contributed by atoms with Gasteiger partial charge in [0, 0.05) is 19.6 Å². The maximum atomic E-state index is 12.2. The highest BCUT2D eigenvalue weighted by molar-refractivity contribution is 5.87. The fourth-order valence-electron chi connectivity index (χ4n) is 2.24. The quantitative estimate of drug-likeness (QED) is 0.586. The van der Waals surface area contributed by atoms with Gasteiger partial charge in [-0.1, -0.05) is 0 Å². The van der Waals surface area contributed by atoms with E-state index in [4.69, 9.17) is 9.47 Å². The lowest BCUT2D eigenvalue weighted by atomic mass is 9.99. The largest absolute Gasteiger partial charge is 0.479 e. The number of nitrogens with zero attached hydrogens (tertiary/aromatic N) is 1. The van der Waals surface area contributed by atoms with Gasteiger partial charge in [-0.3, -0.25) is 0 Å². The molecule has 2 rings (SSSR count). The standard InChI is InChI=1S/C11H18N2O6/c14-5-8-6-18-4-2-13(8)10(17)12-11(9(15)16)1-3-19-7-11/h8,14H,1-7H2,(H,12,17)(H,15,16). The minimum Gasteiger partial charge on any atom is -0.479 e. The number of rotatable bonds is 3. The number of carbonyl (C=O) groups excluding carboxylic acids is 1. The van der Waals surface area contributed by atoms with Crippen molar-refractivity contribution in [3.05, 3.63) is 0 Å². The van der Waals surface area contributed by atoms with Gasteiger partial charge < -0.3 is 29.9 Å². The van der Waals surface area contributed by atoms with Crippen molar-refractivity contribution in [1.29, 1.82) is 0 Å². The molecule has 0 radical (unpaired) electrons. The predicted molar refractivity (Wildman–Crippen MR) is 62.7 cm³/mol. The summed E-state index contributed by atoms with van der Waals surface area (Å²) in [6.07, 6.45) is 0.238. The molecule has 2 aliphatic rings. The van der Waals surface area contributed by atoms with Crippen molar-refractivity contribution < 1.29 is 29.3 Å². The lowest BCUT2D eigenvalue weighted by Gasteiger charge is -2.36. The second-order valence-corrected chi connectivity index (χ2v) is 4.72. The van der Waals surface area contributed by atoms with E-state index in [1.807, 2.05) is 0 Å². The molecule has 2 aliphatic heterocycles. The van der Waals surface area contributed by atoms with Gasteiger partial charge in [0.25, 0.3) is 0 Å². The molecule has 2 atom stereocenters. The fraction of sp³-hybridized carbons (Fsp3) is 0.818. The molecule has 0 aromatic carbocycles. The van der Waals surface area contributed by atoms with E-state index in [1.54, 1.807) is 0 Å². The van der Waals surface area contributed by atoms with E-state index in [1.165, 1.54) is 4.90 Å². The Bertz CT molecular complexity index is 355. The molecule has 8 nitrogen and oxygen atoms in total. The topological polar surface area (TPSA) is 108 Å². The predicted octanol–water partition coefficient (Wildman–Crippen LogP) is -1.37. The molecule has 0 bridgehead atoms. The van der Waals surface area contributed by atoms with E-state index < -0.39 is 23.6 Å². The van der Waals surface area contributed by atoms with E-state index in [-0.39, 0.29) is 26.2 Å². The number of morpholine rings is 1. The highest BCUT2D eigenvalue weighted by Crippen LogP contribution is 2.20. The summed E-state index contributed by atoms with van der Waals surface area (Å²) < 4.78 is 10.2. The molecule has 2 amide bonds. The molecule has 3 N–H and O–H groups in total. The average molecular weight is 274 g/mol. The summed E-state index contributed by atoms with van der Waals surface area (Å²) in [6.45, 7) is 1.000. The molecule has 8 heteroatoms. The van der Waals surface area contributed by atoms with Crippen molar-refractivity contribution in [2.24, 2.45) is 0 Å². The molecule has 0 saturated carbocycles. The molecule has 0 aromatic rings. The third-order valence-electron chi connectivity index (χ3n) is 3.48. The Morgan fingerprint density at radius 3 is 2.74 bits per heavy atom. The number of carbonyl (C=O) groups is 2. The van der Waals surface area contributed by atoms with Crippen LogP contribution in [0.3, 0.4) is 0 Å². The summed E-state index contributed by atoms with van der Waals surface area (Å²) in [4.78, 5) is 24.9. The van der Waals surface area contributed by atoms with Crippen LogP contribution in [0.15, 0.2) is 0 Å². The van der Waals surface area contributed by atoms with Crippen LogP contribution in [0.1, 0.15) is 6.42 Å². The Labute approximate surface area is 110 Å². The monoisotopic (exact) mass is 274 g/mol. The number of amides is 2. The lowest BCUT2D eigenvalue weighted by molar-refractivity contribution is -0.144. The summed E-state index contributed by atoms with van der Waals surface area (Å²) in [7, 11) is 0. The van der Waals surface area contributed by atoms with E-state index >= 15 is 0 Å². The van der Waals surface area contributed by atoms with Crippen LogP contribution in [0.2, 0.25) is 0 Å². The minimum absolute atomic E-state index is 0.0395. The van der Waals surface area contributed by atoms with Crippen molar-refractivity contribution in [2.75, 3.05) is 39.6 Å². The van der Waals surface area contributed by atoms with Crippen molar-refractivity contribution >= 4 is 12.0 Å². The highest BCUT2D eigenvalue weighted by atomic mass is 16.5. The smallest absolute Gasteiger partial charge is 0.332 e. The van der Waals surface area contributed by atoms with Gasteiger partial charge in [-0.05, 0) is 0 Å². The SMILES string of the molecule is O=C(NC1(C(=O)O)CCOC1)N1CCOCC1CO. The first kappa shape index (κ1) is 14.0. The number of aliphatic carboxylic acids is 1. The molecule has 2 fully saturated rings. The molecule has 2 unspecified atom stereocenters. The van der Waals surface area contributed by atoms with Crippen LogP contribution in [0.5, 0.6) is 0 Å². The average Bonchev–Trinajstić information content (AvgIpc) is 2.88. The molecule has 108 valence electrons. The Balaban J connectivity index is 2.04. The van der Waals surface area contributed by atoms with Crippen molar-refractivity contribution in [3.63, 3.8) is 0 Å². The molecule has 0 aromatic heterocycles. The zero-order chi connectivity index (χ0) is 13.9. The van der Waals surface area contributed by atoms with E-state index in [9.17, 15) is 19.8 Å². The van der Waals surface area contributed by atoms with E-state index in [0.29, 0.717) is 19.8 Å². The maximum absolute atomic E-state index is 12.2. The first-order chi connectivity index (χ1) is 9.09. The second kappa shape index (κ2) is 5.72.